The van der Waals surface area contributed by atoms with Gasteiger partial charge in [-0.1, -0.05) is 17.3 Å². The van der Waals surface area contributed by atoms with E-state index in [1.54, 1.807) is 28.0 Å². The van der Waals surface area contributed by atoms with Crippen LogP contribution in [0, 0.1) is 12.7 Å². The van der Waals surface area contributed by atoms with E-state index < -0.39 is 0 Å². The summed E-state index contributed by atoms with van der Waals surface area (Å²) in [6.45, 7) is 2.95. The molecule has 7 nitrogen and oxygen atoms in total. The zero-order chi connectivity index (χ0) is 18.8. The monoisotopic (exact) mass is 369 g/mol. The Kier molecular flexibility index (Phi) is 4.62. The quantitative estimate of drug-likeness (QED) is 0.760. The van der Waals surface area contributed by atoms with Crippen molar-refractivity contribution >= 4 is 11.7 Å². The molecule has 2 aromatic heterocycles. The smallest absolute Gasteiger partial charge is 0.322 e. The van der Waals surface area contributed by atoms with Crippen molar-refractivity contribution in [2.24, 2.45) is 0 Å². The molecule has 27 heavy (non-hydrogen) atoms. The Morgan fingerprint density at radius 1 is 1.41 bits per heavy atom. The van der Waals surface area contributed by atoms with E-state index in [9.17, 15) is 9.18 Å². The Hall–Kier alpha value is -3.16. The molecule has 1 aromatic carbocycles. The van der Waals surface area contributed by atoms with E-state index in [1.807, 2.05) is 19.1 Å². The molecule has 1 saturated heterocycles. The molecular formula is C19H20FN5O2. The minimum absolute atomic E-state index is 0.103. The minimum atomic E-state index is -0.282. The number of halogens is 1. The van der Waals surface area contributed by atoms with Gasteiger partial charge in [0.15, 0.2) is 5.76 Å². The van der Waals surface area contributed by atoms with E-state index in [1.165, 1.54) is 12.1 Å². The molecule has 0 spiro atoms. The maximum atomic E-state index is 13.3. The lowest BCUT2D eigenvalue weighted by Gasteiger charge is -2.22. The van der Waals surface area contributed by atoms with Crippen LogP contribution in [-0.2, 0) is 6.54 Å². The number of likely N-dealkylation sites (tertiary alicyclic amines) is 1. The van der Waals surface area contributed by atoms with Crippen LogP contribution in [0.1, 0.15) is 35.9 Å². The summed E-state index contributed by atoms with van der Waals surface area (Å²) in [6, 6.07) is 7.93. The summed E-state index contributed by atoms with van der Waals surface area (Å²) in [5, 5.41) is 11.0. The lowest BCUT2D eigenvalue weighted by Crippen LogP contribution is -2.34. The summed E-state index contributed by atoms with van der Waals surface area (Å²) in [5.74, 6) is 0.429. The van der Waals surface area contributed by atoms with Gasteiger partial charge in [-0.05, 0) is 37.5 Å². The largest absolute Gasteiger partial charge is 0.359 e. The van der Waals surface area contributed by atoms with Gasteiger partial charge in [0.25, 0.3) is 0 Å². The first-order valence-electron chi connectivity index (χ1n) is 8.86. The number of hydrogen-bond donors (Lipinski definition) is 1. The summed E-state index contributed by atoms with van der Waals surface area (Å²) in [5.41, 5.74) is 2.20. The van der Waals surface area contributed by atoms with E-state index in [-0.39, 0.29) is 17.9 Å². The molecule has 2 amide bonds. The van der Waals surface area contributed by atoms with Crippen molar-refractivity contribution in [3.05, 3.63) is 65.6 Å². The van der Waals surface area contributed by atoms with Crippen LogP contribution in [0.4, 0.5) is 14.9 Å². The second-order valence-electron chi connectivity index (χ2n) is 6.71. The Balaban J connectivity index is 1.41. The first-order chi connectivity index (χ1) is 13.1. The lowest BCUT2D eigenvalue weighted by atomic mass is 10.1. The molecule has 0 radical (unpaired) electrons. The SMILES string of the molecule is Cc1cc(C2CCCN2C(=O)Nc2cnn(Cc3cccc(F)c3)c2)on1. The molecule has 1 aliphatic heterocycles. The number of hydrogen-bond acceptors (Lipinski definition) is 4. The Morgan fingerprint density at radius 3 is 3.07 bits per heavy atom. The summed E-state index contributed by atoms with van der Waals surface area (Å²) >= 11 is 0. The molecule has 1 aliphatic rings. The second-order valence-corrected chi connectivity index (χ2v) is 6.71. The van der Waals surface area contributed by atoms with Crippen LogP contribution in [0.3, 0.4) is 0 Å². The number of aryl methyl sites for hydroxylation is 1. The second kappa shape index (κ2) is 7.22. The number of nitrogens with one attached hydrogen (secondary N) is 1. The number of aromatic nitrogens is 3. The van der Waals surface area contributed by atoms with Crippen LogP contribution in [-0.4, -0.2) is 32.4 Å². The number of rotatable bonds is 4. The number of anilines is 1. The van der Waals surface area contributed by atoms with Crippen LogP contribution in [0.5, 0.6) is 0 Å². The van der Waals surface area contributed by atoms with Gasteiger partial charge in [-0.2, -0.15) is 5.10 Å². The molecule has 1 fully saturated rings. The molecule has 0 aliphatic carbocycles. The van der Waals surface area contributed by atoms with Crippen LogP contribution >= 0.6 is 0 Å². The van der Waals surface area contributed by atoms with Gasteiger partial charge < -0.3 is 14.7 Å². The highest BCUT2D eigenvalue weighted by Gasteiger charge is 2.32. The van der Waals surface area contributed by atoms with Crippen molar-refractivity contribution in [1.82, 2.24) is 19.8 Å². The number of nitrogens with zero attached hydrogens (tertiary/aromatic N) is 4. The van der Waals surface area contributed by atoms with Crippen molar-refractivity contribution in [3.63, 3.8) is 0 Å². The van der Waals surface area contributed by atoms with E-state index in [0.29, 0.717) is 24.5 Å². The van der Waals surface area contributed by atoms with E-state index in [0.717, 1.165) is 24.1 Å². The fourth-order valence-corrected chi connectivity index (χ4v) is 3.38. The average Bonchev–Trinajstić information content (AvgIpc) is 3.35. The van der Waals surface area contributed by atoms with Crippen LogP contribution in [0.25, 0.3) is 0 Å². The van der Waals surface area contributed by atoms with Gasteiger partial charge in [-0.15, -0.1) is 0 Å². The summed E-state index contributed by atoms with van der Waals surface area (Å²) in [7, 11) is 0. The molecule has 3 heterocycles. The van der Waals surface area contributed by atoms with Gasteiger partial charge in [0.05, 0.1) is 30.2 Å². The fraction of sp³-hybridized carbons (Fsp3) is 0.316. The molecule has 140 valence electrons. The van der Waals surface area contributed by atoms with Crippen molar-refractivity contribution < 1.29 is 13.7 Å². The van der Waals surface area contributed by atoms with Gasteiger partial charge in [0, 0.05) is 18.8 Å². The summed E-state index contributed by atoms with van der Waals surface area (Å²) in [4.78, 5) is 14.4. The maximum absolute atomic E-state index is 13.3. The van der Waals surface area contributed by atoms with Crippen LogP contribution in [0.15, 0.2) is 47.2 Å². The molecule has 1 unspecified atom stereocenters. The highest BCUT2D eigenvalue weighted by molar-refractivity contribution is 5.89. The third kappa shape index (κ3) is 3.84. The number of amides is 2. The normalized spacial score (nSPS) is 16.7. The predicted molar refractivity (Wildman–Crippen MR) is 96.7 cm³/mol. The molecule has 0 saturated carbocycles. The van der Waals surface area contributed by atoms with Gasteiger partial charge in [-0.25, -0.2) is 9.18 Å². The van der Waals surface area contributed by atoms with Crippen molar-refractivity contribution in [1.29, 1.82) is 0 Å². The predicted octanol–water partition coefficient (Wildman–Crippen LogP) is 3.74. The standard InChI is InChI=1S/C19H20FN5O2/c1-13-8-18(27-23-13)17-6-3-7-25(17)19(26)22-16-10-21-24(12-16)11-14-4-2-5-15(20)9-14/h2,4-5,8-10,12,17H,3,6-7,11H2,1H3,(H,22,26). The number of urea groups is 1. The third-order valence-corrected chi connectivity index (χ3v) is 4.61. The first kappa shape index (κ1) is 17.3. The summed E-state index contributed by atoms with van der Waals surface area (Å²) < 4.78 is 20.3. The van der Waals surface area contributed by atoms with Crippen LogP contribution in [0.2, 0.25) is 0 Å². The van der Waals surface area contributed by atoms with E-state index in [2.05, 4.69) is 15.6 Å². The molecular weight excluding hydrogens is 349 g/mol. The third-order valence-electron chi connectivity index (χ3n) is 4.61. The molecule has 0 bridgehead atoms. The molecule has 1 atom stereocenters. The lowest BCUT2D eigenvalue weighted by molar-refractivity contribution is 0.195. The van der Waals surface area contributed by atoms with Gasteiger partial charge in [0.2, 0.25) is 0 Å². The van der Waals surface area contributed by atoms with Crippen molar-refractivity contribution in [3.8, 4) is 0 Å². The van der Waals surface area contributed by atoms with Crippen molar-refractivity contribution in [2.75, 3.05) is 11.9 Å². The topological polar surface area (TPSA) is 76.2 Å². The molecule has 1 N–H and O–H groups in total. The number of benzene rings is 1. The molecule has 8 heteroatoms. The van der Waals surface area contributed by atoms with Crippen LogP contribution < -0.4 is 5.32 Å². The Morgan fingerprint density at radius 2 is 2.30 bits per heavy atom. The fourth-order valence-electron chi connectivity index (χ4n) is 3.38. The number of carbonyl (C=O) groups excluding carboxylic acids is 1. The van der Waals surface area contributed by atoms with E-state index in [4.69, 9.17) is 4.52 Å². The van der Waals surface area contributed by atoms with Gasteiger partial charge in [-0.3, -0.25) is 4.68 Å². The zero-order valence-corrected chi connectivity index (χ0v) is 14.9. The molecule has 3 aromatic rings. The zero-order valence-electron chi connectivity index (χ0n) is 14.9. The highest BCUT2D eigenvalue weighted by Crippen LogP contribution is 2.32. The van der Waals surface area contributed by atoms with Gasteiger partial charge in [0.1, 0.15) is 5.82 Å². The summed E-state index contributed by atoms with van der Waals surface area (Å²) in [6.07, 6.45) is 5.07. The maximum Gasteiger partial charge on any atom is 0.322 e. The van der Waals surface area contributed by atoms with E-state index >= 15 is 0 Å². The Bertz CT molecular complexity index is 951. The molecule has 4 rings (SSSR count). The van der Waals surface area contributed by atoms with Gasteiger partial charge >= 0.3 is 6.03 Å². The Labute approximate surface area is 155 Å². The highest BCUT2D eigenvalue weighted by atomic mass is 19.1. The number of carbonyl (C=O) groups is 1. The minimum Gasteiger partial charge on any atom is -0.359 e. The average molecular weight is 369 g/mol. The first-order valence-corrected chi connectivity index (χ1v) is 8.86. The van der Waals surface area contributed by atoms with Crippen molar-refractivity contribution in [2.45, 2.75) is 32.4 Å².